The van der Waals surface area contributed by atoms with E-state index in [9.17, 15) is 5.11 Å². The van der Waals surface area contributed by atoms with Crippen LogP contribution in [0, 0.1) is 5.92 Å². The molecule has 1 fully saturated rings. The van der Waals surface area contributed by atoms with Gasteiger partial charge in [0.15, 0.2) is 0 Å². The Morgan fingerprint density at radius 3 is 2.73 bits per heavy atom. The van der Waals surface area contributed by atoms with E-state index < -0.39 is 0 Å². The van der Waals surface area contributed by atoms with Gasteiger partial charge in [0.05, 0.1) is 0 Å². The van der Waals surface area contributed by atoms with Gasteiger partial charge in [-0.3, -0.25) is 0 Å². The summed E-state index contributed by atoms with van der Waals surface area (Å²) < 4.78 is 0. The summed E-state index contributed by atoms with van der Waals surface area (Å²) in [5.74, 6) is 0.838. The third-order valence-corrected chi connectivity index (χ3v) is 3.15. The molecule has 0 saturated carbocycles. The molecular formula is C12H18N2O. The molecule has 4 N–H and O–H groups in total. The molecule has 1 unspecified atom stereocenters. The molecule has 3 heteroatoms. The summed E-state index contributed by atoms with van der Waals surface area (Å²) in [4.78, 5) is 0. The molecule has 0 amide bonds. The number of phenolic OH excluding ortho intramolecular Hbond substituents is 1. The van der Waals surface area contributed by atoms with Crippen LogP contribution in [0.25, 0.3) is 0 Å². The molecule has 1 aliphatic rings. The van der Waals surface area contributed by atoms with Crippen molar-refractivity contribution in [3.63, 3.8) is 0 Å². The third kappa shape index (κ3) is 2.49. The maximum Gasteiger partial charge on any atom is 0.115 e. The molecule has 1 atom stereocenters. The van der Waals surface area contributed by atoms with Gasteiger partial charge < -0.3 is 16.2 Å². The zero-order chi connectivity index (χ0) is 10.7. The van der Waals surface area contributed by atoms with Gasteiger partial charge in [-0.05, 0) is 49.5 Å². The van der Waals surface area contributed by atoms with E-state index in [1.54, 1.807) is 12.1 Å². The van der Waals surface area contributed by atoms with Crippen LogP contribution in [0.1, 0.15) is 24.4 Å². The fourth-order valence-corrected chi connectivity index (χ4v) is 2.21. The Bertz CT molecular complexity index is 321. The first-order valence-corrected chi connectivity index (χ1v) is 5.52. The monoisotopic (exact) mass is 206 g/mol. The van der Waals surface area contributed by atoms with Crippen molar-refractivity contribution < 1.29 is 5.11 Å². The lowest BCUT2D eigenvalue weighted by Crippen LogP contribution is -2.33. The number of rotatable bonds is 2. The number of aromatic hydroxyl groups is 1. The zero-order valence-corrected chi connectivity index (χ0v) is 8.82. The molecule has 1 aromatic rings. The lowest BCUT2D eigenvalue weighted by Gasteiger charge is -2.28. The molecule has 0 radical (unpaired) electrons. The maximum atomic E-state index is 9.39. The molecule has 1 aliphatic heterocycles. The number of nitrogens with one attached hydrogen (secondary N) is 1. The van der Waals surface area contributed by atoms with Gasteiger partial charge in [-0.25, -0.2) is 0 Å². The minimum atomic E-state index is 0.0548. The van der Waals surface area contributed by atoms with Gasteiger partial charge >= 0.3 is 0 Å². The first-order chi connectivity index (χ1) is 7.27. The normalized spacial score (nSPS) is 20.1. The van der Waals surface area contributed by atoms with Crippen molar-refractivity contribution in [1.82, 2.24) is 5.32 Å². The van der Waals surface area contributed by atoms with Gasteiger partial charge in [-0.15, -0.1) is 0 Å². The van der Waals surface area contributed by atoms with E-state index in [0.717, 1.165) is 31.5 Å². The standard InChI is InChI=1S/C12H18N2O/c13-12(9-4-6-14-7-5-9)10-2-1-3-11(15)8-10/h1-3,8-9,12,14-15H,4-7,13H2. The molecule has 0 bridgehead atoms. The smallest absolute Gasteiger partial charge is 0.115 e. The average molecular weight is 206 g/mol. The fraction of sp³-hybridized carbons (Fsp3) is 0.500. The van der Waals surface area contributed by atoms with Crippen LogP contribution < -0.4 is 11.1 Å². The highest BCUT2D eigenvalue weighted by atomic mass is 16.3. The Kier molecular flexibility index (Phi) is 3.23. The number of hydrogen-bond donors (Lipinski definition) is 3. The molecule has 0 aliphatic carbocycles. The largest absolute Gasteiger partial charge is 0.508 e. The van der Waals surface area contributed by atoms with Gasteiger partial charge in [0.2, 0.25) is 0 Å². The van der Waals surface area contributed by atoms with Crippen molar-refractivity contribution in [3.05, 3.63) is 29.8 Å². The molecule has 1 heterocycles. The molecule has 0 aromatic heterocycles. The Morgan fingerprint density at radius 1 is 1.33 bits per heavy atom. The van der Waals surface area contributed by atoms with Crippen LogP contribution in [0.5, 0.6) is 5.75 Å². The van der Waals surface area contributed by atoms with E-state index in [1.807, 2.05) is 12.1 Å². The summed E-state index contributed by atoms with van der Waals surface area (Å²) in [6, 6.07) is 7.35. The fourth-order valence-electron chi connectivity index (χ4n) is 2.21. The Hall–Kier alpha value is -1.06. The van der Waals surface area contributed by atoms with E-state index >= 15 is 0 Å². The van der Waals surface area contributed by atoms with Crippen LogP contribution in [-0.2, 0) is 0 Å². The molecule has 3 nitrogen and oxygen atoms in total. The minimum Gasteiger partial charge on any atom is -0.508 e. The van der Waals surface area contributed by atoms with Crippen molar-refractivity contribution in [2.24, 2.45) is 11.7 Å². The Balaban J connectivity index is 2.08. The number of benzene rings is 1. The number of hydrogen-bond acceptors (Lipinski definition) is 3. The number of piperidine rings is 1. The molecule has 15 heavy (non-hydrogen) atoms. The highest BCUT2D eigenvalue weighted by Gasteiger charge is 2.21. The van der Waals surface area contributed by atoms with E-state index in [0.29, 0.717) is 11.7 Å². The second-order valence-electron chi connectivity index (χ2n) is 4.21. The quantitative estimate of drug-likeness (QED) is 0.685. The molecule has 0 spiro atoms. The summed E-state index contributed by atoms with van der Waals surface area (Å²) in [6.07, 6.45) is 2.24. The predicted molar refractivity (Wildman–Crippen MR) is 60.6 cm³/mol. The lowest BCUT2D eigenvalue weighted by atomic mass is 9.86. The topological polar surface area (TPSA) is 58.3 Å². The first-order valence-electron chi connectivity index (χ1n) is 5.52. The number of nitrogens with two attached hydrogens (primary N) is 1. The van der Waals surface area contributed by atoms with E-state index in [1.165, 1.54) is 0 Å². The van der Waals surface area contributed by atoms with Gasteiger partial charge in [0.25, 0.3) is 0 Å². The van der Waals surface area contributed by atoms with Gasteiger partial charge in [0, 0.05) is 6.04 Å². The van der Waals surface area contributed by atoms with Crippen molar-refractivity contribution >= 4 is 0 Å². The van der Waals surface area contributed by atoms with E-state index in [-0.39, 0.29) is 6.04 Å². The summed E-state index contributed by atoms with van der Waals surface area (Å²) in [5, 5.41) is 12.7. The maximum absolute atomic E-state index is 9.39. The lowest BCUT2D eigenvalue weighted by molar-refractivity contribution is 0.321. The molecule has 82 valence electrons. The van der Waals surface area contributed by atoms with Crippen LogP contribution in [0.3, 0.4) is 0 Å². The molecule has 1 aromatic carbocycles. The molecular weight excluding hydrogens is 188 g/mol. The summed E-state index contributed by atoms with van der Waals surface area (Å²) >= 11 is 0. The first kappa shape index (κ1) is 10.5. The number of phenols is 1. The van der Waals surface area contributed by atoms with Gasteiger partial charge in [-0.1, -0.05) is 12.1 Å². The van der Waals surface area contributed by atoms with Crippen molar-refractivity contribution in [2.75, 3.05) is 13.1 Å². The highest BCUT2D eigenvalue weighted by Crippen LogP contribution is 2.28. The third-order valence-electron chi connectivity index (χ3n) is 3.15. The average Bonchev–Trinajstić information content (AvgIpc) is 2.29. The van der Waals surface area contributed by atoms with Crippen molar-refractivity contribution in [3.8, 4) is 5.75 Å². The van der Waals surface area contributed by atoms with Crippen LogP contribution in [-0.4, -0.2) is 18.2 Å². The van der Waals surface area contributed by atoms with Gasteiger partial charge in [-0.2, -0.15) is 0 Å². The second-order valence-corrected chi connectivity index (χ2v) is 4.21. The minimum absolute atomic E-state index is 0.0548. The predicted octanol–water partition coefficient (Wildman–Crippen LogP) is 1.39. The summed E-state index contributed by atoms with van der Waals surface area (Å²) in [5.41, 5.74) is 7.24. The zero-order valence-electron chi connectivity index (χ0n) is 8.82. The Labute approximate surface area is 90.3 Å². The SMILES string of the molecule is NC(c1cccc(O)c1)C1CCNCC1. The summed E-state index contributed by atoms with van der Waals surface area (Å²) in [6.45, 7) is 2.11. The van der Waals surface area contributed by atoms with E-state index in [2.05, 4.69) is 5.32 Å². The van der Waals surface area contributed by atoms with Crippen LogP contribution in [0.2, 0.25) is 0 Å². The van der Waals surface area contributed by atoms with Crippen LogP contribution in [0.4, 0.5) is 0 Å². The van der Waals surface area contributed by atoms with Gasteiger partial charge in [0.1, 0.15) is 5.75 Å². The van der Waals surface area contributed by atoms with Crippen molar-refractivity contribution in [1.29, 1.82) is 0 Å². The van der Waals surface area contributed by atoms with E-state index in [4.69, 9.17) is 5.73 Å². The summed E-state index contributed by atoms with van der Waals surface area (Å²) in [7, 11) is 0. The second kappa shape index (κ2) is 4.64. The molecule has 2 rings (SSSR count). The highest BCUT2D eigenvalue weighted by molar-refractivity contribution is 5.29. The Morgan fingerprint density at radius 2 is 2.07 bits per heavy atom. The molecule has 1 saturated heterocycles. The van der Waals surface area contributed by atoms with Crippen LogP contribution >= 0.6 is 0 Å². The van der Waals surface area contributed by atoms with Crippen LogP contribution in [0.15, 0.2) is 24.3 Å². The van der Waals surface area contributed by atoms with Crippen molar-refractivity contribution in [2.45, 2.75) is 18.9 Å².